The van der Waals surface area contributed by atoms with E-state index in [4.69, 9.17) is 39.5 Å². The van der Waals surface area contributed by atoms with Crippen LogP contribution >= 0.6 is 34.8 Å². The van der Waals surface area contributed by atoms with E-state index in [0.717, 1.165) is 6.42 Å². The molecular formula is C12H21Cl3N2O2. The van der Waals surface area contributed by atoms with E-state index >= 15 is 0 Å². The maximum Gasteiger partial charge on any atom is 0.223 e. The SMILES string of the molecule is CCCC(=O)NC(N1CC(C)OC(C)C1)C(Cl)(Cl)Cl. The van der Waals surface area contributed by atoms with Crippen LogP contribution in [-0.4, -0.2) is 46.1 Å². The molecule has 1 saturated heterocycles. The molecule has 0 aromatic rings. The summed E-state index contributed by atoms with van der Waals surface area (Å²) in [5, 5.41) is 2.80. The standard InChI is InChI=1S/C12H21Cl3N2O2/c1-4-5-10(18)16-11(12(13,14)15)17-6-8(2)19-9(3)7-17/h8-9,11H,4-7H2,1-3H3,(H,16,18). The van der Waals surface area contributed by atoms with Crippen LogP contribution < -0.4 is 5.32 Å². The zero-order valence-corrected chi connectivity index (χ0v) is 13.7. The summed E-state index contributed by atoms with van der Waals surface area (Å²) >= 11 is 18.0. The summed E-state index contributed by atoms with van der Waals surface area (Å²) in [5.74, 6) is -0.106. The van der Waals surface area contributed by atoms with Crippen molar-refractivity contribution in [2.45, 2.75) is 55.8 Å². The average Bonchev–Trinajstić information content (AvgIpc) is 2.23. The molecule has 1 N–H and O–H groups in total. The van der Waals surface area contributed by atoms with E-state index in [-0.39, 0.29) is 18.1 Å². The second-order valence-electron chi connectivity index (χ2n) is 4.97. The number of hydrogen-bond acceptors (Lipinski definition) is 3. The van der Waals surface area contributed by atoms with E-state index in [1.54, 1.807) is 0 Å². The van der Waals surface area contributed by atoms with E-state index in [1.165, 1.54) is 0 Å². The number of halogens is 3. The molecule has 4 nitrogen and oxygen atoms in total. The molecule has 0 saturated carbocycles. The lowest BCUT2D eigenvalue weighted by Crippen LogP contribution is -2.60. The van der Waals surface area contributed by atoms with Crippen LogP contribution in [0.5, 0.6) is 0 Å². The second-order valence-corrected chi connectivity index (χ2v) is 7.34. The lowest BCUT2D eigenvalue weighted by atomic mass is 10.2. The van der Waals surface area contributed by atoms with E-state index in [2.05, 4.69) is 5.32 Å². The van der Waals surface area contributed by atoms with Crippen LogP contribution in [0.15, 0.2) is 0 Å². The number of alkyl halides is 3. The van der Waals surface area contributed by atoms with Crippen molar-refractivity contribution in [3.63, 3.8) is 0 Å². The lowest BCUT2D eigenvalue weighted by Gasteiger charge is -2.42. The van der Waals surface area contributed by atoms with Gasteiger partial charge in [-0.15, -0.1) is 0 Å². The monoisotopic (exact) mass is 330 g/mol. The number of amides is 1. The van der Waals surface area contributed by atoms with Gasteiger partial charge in [0.2, 0.25) is 9.70 Å². The summed E-state index contributed by atoms with van der Waals surface area (Å²) < 4.78 is 4.08. The fourth-order valence-electron chi connectivity index (χ4n) is 2.26. The van der Waals surface area contributed by atoms with Crippen LogP contribution in [0, 0.1) is 0 Å². The summed E-state index contributed by atoms with van der Waals surface area (Å²) in [7, 11) is 0. The van der Waals surface area contributed by atoms with Crippen molar-refractivity contribution in [2.24, 2.45) is 0 Å². The first-order chi connectivity index (χ1) is 8.74. The minimum Gasteiger partial charge on any atom is -0.373 e. The average molecular weight is 332 g/mol. The Morgan fingerprint density at radius 1 is 1.37 bits per heavy atom. The van der Waals surface area contributed by atoms with Crippen molar-refractivity contribution in [2.75, 3.05) is 13.1 Å². The molecule has 19 heavy (non-hydrogen) atoms. The van der Waals surface area contributed by atoms with Crippen LogP contribution in [0.3, 0.4) is 0 Å². The molecular weight excluding hydrogens is 311 g/mol. The molecule has 1 aliphatic rings. The van der Waals surface area contributed by atoms with Gasteiger partial charge in [-0.2, -0.15) is 0 Å². The summed E-state index contributed by atoms with van der Waals surface area (Å²) in [5.41, 5.74) is 0. The van der Waals surface area contributed by atoms with Crippen LogP contribution in [0.4, 0.5) is 0 Å². The minimum atomic E-state index is -1.57. The molecule has 1 heterocycles. The topological polar surface area (TPSA) is 41.6 Å². The van der Waals surface area contributed by atoms with Crippen LogP contribution in [0.25, 0.3) is 0 Å². The van der Waals surface area contributed by atoms with Crippen LogP contribution in [0.2, 0.25) is 0 Å². The molecule has 1 fully saturated rings. The summed E-state index contributed by atoms with van der Waals surface area (Å²) in [6.07, 6.45) is 0.634. The first-order valence-corrected chi connectivity index (χ1v) is 7.63. The number of nitrogens with zero attached hydrogens (tertiary/aromatic N) is 1. The molecule has 1 amide bonds. The highest BCUT2D eigenvalue weighted by atomic mass is 35.6. The molecule has 0 spiro atoms. The van der Waals surface area contributed by atoms with Gasteiger partial charge in [0.25, 0.3) is 0 Å². The third-order valence-electron chi connectivity index (χ3n) is 2.90. The van der Waals surface area contributed by atoms with Crippen molar-refractivity contribution in [3.05, 3.63) is 0 Å². The number of hydrogen-bond donors (Lipinski definition) is 1. The first kappa shape index (κ1) is 17.3. The first-order valence-electron chi connectivity index (χ1n) is 6.49. The van der Waals surface area contributed by atoms with Gasteiger partial charge in [0.15, 0.2) is 0 Å². The molecule has 7 heteroatoms. The molecule has 0 radical (unpaired) electrons. The molecule has 1 aliphatic heterocycles. The minimum absolute atomic E-state index is 0.0432. The molecule has 0 aliphatic carbocycles. The largest absolute Gasteiger partial charge is 0.373 e. The number of rotatable bonds is 4. The smallest absolute Gasteiger partial charge is 0.223 e. The number of carbonyl (C=O) groups excluding carboxylic acids is 1. The Morgan fingerprint density at radius 3 is 2.32 bits per heavy atom. The Balaban J connectivity index is 2.76. The van der Waals surface area contributed by atoms with Gasteiger partial charge < -0.3 is 10.1 Å². The van der Waals surface area contributed by atoms with Crippen molar-refractivity contribution in [3.8, 4) is 0 Å². The van der Waals surface area contributed by atoms with Gasteiger partial charge in [-0.05, 0) is 20.3 Å². The molecule has 1 rings (SSSR count). The zero-order chi connectivity index (χ0) is 14.6. The molecule has 112 valence electrons. The maximum atomic E-state index is 11.8. The van der Waals surface area contributed by atoms with Gasteiger partial charge in [-0.25, -0.2) is 0 Å². The van der Waals surface area contributed by atoms with Crippen molar-refractivity contribution >= 4 is 40.7 Å². The summed E-state index contributed by atoms with van der Waals surface area (Å²) in [4.78, 5) is 13.7. The van der Waals surface area contributed by atoms with E-state index in [1.807, 2.05) is 25.7 Å². The Kier molecular flexibility index (Phi) is 6.67. The van der Waals surface area contributed by atoms with Crippen LogP contribution in [0.1, 0.15) is 33.6 Å². The van der Waals surface area contributed by atoms with Crippen molar-refractivity contribution < 1.29 is 9.53 Å². The van der Waals surface area contributed by atoms with Gasteiger partial charge >= 0.3 is 0 Å². The van der Waals surface area contributed by atoms with E-state index < -0.39 is 9.96 Å². The highest BCUT2D eigenvalue weighted by molar-refractivity contribution is 6.68. The Bertz CT molecular complexity index is 300. The van der Waals surface area contributed by atoms with Crippen molar-refractivity contribution in [1.29, 1.82) is 0 Å². The van der Waals surface area contributed by atoms with Gasteiger partial charge in [-0.3, -0.25) is 9.69 Å². The molecule has 0 aromatic heterocycles. The highest BCUT2D eigenvalue weighted by Crippen LogP contribution is 2.33. The highest BCUT2D eigenvalue weighted by Gasteiger charge is 2.40. The zero-order valence-electron chi connectivity index (χ0n) is 11.5. The molecule has 3 atom stereocenters. The third kappa shape index (κ3) is 5.64. The molecule has 0 aromatic carbocycles. The Labute approximate surface area is 129 Å². The van der Waals surface area contributed by atoms with E-state index in [9.17, 15) is 4.79 Å². The quantitative estimate of drug-likeness (QED) is 0.805. The number of ether oxygens (including phenoxy) is 1. The Morgan fingerprint density at radius 2 is 1.89 bits per heavy atom. The summed E-state index contributed by atoms with van der Waals surface area (Å²) in [6, 6.07) is 0. The predicted molar refractivity (Wildman–Crippen MR) is 78.7 cm³/mol. The number of morpholine rings is 1. The van der Waals surface area contributed by atoms with Gasteiger partial charge in [0, 0.05) is 19.5 Å². The van der Waals surface area contributed by atoms with Gasteiger partial charge in [-0.1, -0.05) is 41.7 Å². The normalized spacial score (nSPS) is 27.1. The number of carbonyl (C=O) groups is 1. The van der Waals surface area contributed by atoms with Crippen molar-refractivity contribution in [1.82, 2.24) is 10.2 Å². The molecule has 0 bridgehead atoms. The van der Waals surface area contributed by atoms with E-state index in [0.29, 0.717) is 19.5 Å². The number of nitrogens with one attached hydrogen (secondary N) is 1. The summed E-state index contributed by atoms with van der Waals surface area (Å²) in [6.45, 7) is 7.10. The van der Waals surface area contributed by atoms with Gasteiger partial charge in [0.1, 0.15) is 6.17 Å². The lowest BCUT2D eigenvalue weighted by molar-refractivity contribution is -0.126. The predicted octanol–water partition coefficient (Wildman–Crippen LogP) is 2.71. The van der Waals surface area contributed by atoms with Gasteiger partial charge in [0.05, 0.1) is 12.2 Å². The fraction of sp³-hybridized carbons (Fsp3) is 0.917. The van der Waals surface area contributed by atoms with Crippen LogP contribution in [-0.2, 0) is 9.53 Å². The third-order valence-corrected chi connectivity index (χ3v) is 3.52. The fourth-order valence-corrected chi connectivity index (χ4v) is 2.84. The second kappa shape index (κ2) is 7.32. The Hall–Kier alpha value is 0.260. The molecule has 3 unspecified atom stereocenters. The maximum absolute atomic E-state index is 11.8.